The highest BCUT2D eigenvalue weighted by atomic mass is 79.9. The average Bonchev–Trinajstić information content (AvgIpc) is 2.40. The third-order valence-corrected chi connectivity index (χ3v) is 3.69. The van der Waals surface area contributed by atoms with Gasteiger partial charge in [0.25, 0.3) is 0 Å². The van der Waals surface area contributed by atoms with Gasteiger partial charge in [-0.2, -0.15) is 0 Å². The number of halogens is 1. The minimum Gasteiger partial charge on any atom is -0.493 e. The van der Waals surface area contributed by atoms with Crippen LogP contribution in [0, 0.1) is 5.92 Å². The van der Waals surface area contributed by atoms with Crippen molar-refractivity contribution in [1.29, 1.82) is 0 Å². The lowest BCUT2D eigenvalue weighted by atomic mass is 10.0. The normalized spacial score (nSPS) is 12.5. The number of aliphatic carboxylic acids is 1. The number of benzene rings is 1. The summed E-state index contributed by atoms with van der Waals surface area (Å²) in [6.07, 6.45) is 0.0338. The van der Waals surface area contributed by atoms with Crippen LogP contribution in [0.5, 0.6) is 11.5 Å². The van der Waals surface area contributed by atoms with E-state index in [1.165, 1.54) is 0 Å². The molecule has 0 saturated heterocycles. The molecule has 6 heteroatoms. The quantitative estimate of drug-likeness (QED) is 0.730. The maximum absolute atomic E-state index is 11.2. The van der Waals surface area contributed by atoms with Crippen LogP contribution >= 0.6 is 15.9 Å². The summed E-state index contributed by atoms with van der Waals surface area (Å²) in [4.78, 5) is 11.2. The Hall–Kier alpha value is -1.27. The SMILES string of the molecule is COc1cc(CNC(C(=O)O)C(C)C)cc(Br)c1OC(C)C. The second kappa shape index (κ2) is 8.39. The molecule has 0 aliphatic heterocycles. The number of carboxylic acids is 1. The van der Waals surface area contributed by atoms with Crippen molar-refractivity contribution in [2.75, 3.05) is 7.11 Å². The molecule has 0 saturated carbocycles. The molecule has 0 radical (unpaired) electrons. The Morgan fingerprint density at radius 3 is 2.41 bits per heavy atom. The number of carboxylic acid groups (broad SMARTS) is 1. The van der Waals surface area contributed by atoms with Crippen molar-refractivity contribution >= 4 is 21.9 Å². The minimum atomic E-state index is -0.846. The molecule has 0 bridgehead atoms. The zero-order valence-corrected chi connectivity index (χ0v) is 15.2. The maximum Gasteiger partial charge on any atom is 0.320 e. The van der Waals surface area contributed by atoms with Gasteiger partial charge in [0.1, 0.15) is 6.04 Å². The van der Waals surface area contributed by atoms with Crippen LogP contribution in [0.25, 0.3) is 0 Å². The molecule has 1 aromatic rings. The molecule has 2 N–H and O–H groups in total. The smallest absolute Gasteiger partial charge is 0.320 e. The fourth-order valence-corrected chi connectivity index (χ4v) is 2.64. The van der Waals surface area contributed by atoms with E-state index in [1.807, 2.05) is 39.8 Å². The molecule has 22 heavy (non-hydrogen) atoms. The molecule has 0 aliphatic carbocycles. The largest absolute Gasteiger partial charge is 0.493 e. The Morgan fingerprint density at radius 2 is 1.95 bits per heavy atom. The summed E-state index contributed by atoms with van der Waals surface area (Å²) in [5.41, 5.74) is 0.923. The predicted octanol–water partition coefficient (Wildman–Crippen LogP) is 3.44. The van der Waals surface area contributed by atoms with E-state index in [1.54, 1.807) is 7.11 Å². The van der Waals surface area contributed by atoms with Crippen molar-refractivity contribution in [1.82, 2.24) is 5.32 Å². The van der Waals surface area contributed by atoms with Crippen LogP contribution in [0.2, 0.25) is 0 Å². The van der Waals surface area contributed by atoms with Crippen molar-refractivity contribution < 1.29 is 19.4 Å². The van der Waals surface area contributed by atoms with E-state index in [0.717, 1.165) is 10.0 Å². The van der Waals surface area contributed by atoms with Crippen molar-refractivity contribution in [2.24, 2.45) is 5.92 Å². The van der Waals surface area contributed by atoms with Crippen molar-refractivity contribution in [3.63, 3.8) is 0 Å². The van der Waals surface area contributed by atoms with E-state index in [2.05, 4.69) is 21.2 Å². The number of hydrogen-bond donors (Lipinski definition) is 2. The Balaban J connectivity index is 2.93. The molecular weight excluding hydrogens is 350 g/mol. The topological polar surface area (TPSA) is 67.8 Å². The Bertz CT molecular complexity index is 517. The molecule has 5 nitrogen and oxygen atoms in total. The van der Waals surface area contributed by atoms with Gasteiger partial charge in [0.05, 0.1) is 17.7 Å². The van der Waals surface area contributed by atoms with Crippen LogP contribution in [-0.4, -0.2) is 30.3 Å². The van der Waals surface area contributed by atoms with Gasteiger partial charge < -0.3 is 19.9 Å². The molecule has 0 aliphatic rings. The van der Waals surface area contributed by atoms with Crippen LogP contribution in [-0.2, 0) is 11.3 Å². The standard InChI is InChI=1S/C16H24BrNO4/c1-9(2)14(16(19)20)18-8-11-6-12(17)15(22-10(3)4)13(7-11)21-5/h6-7,9-10,14,18H,8H2,1-5H3,(H,19,20). The number of methoxy groups -OCH3 is 1. The van der Waals surface area contributed by atoms with Gasteiger partial charge in [-0.25, -0.2) is 0 Å². The number of ether oxygens (including phenoxy) is 2. The number of carbonyl (C=O) groups is 1. The molecule has 0 fully saturated rings. The summed E-state index contributed by atoms with van der Waals surface area (Å²) in [6, 6.07) is 3.18. The molecule has 0 spiro atoms. The van der Waals surface area contributed by atoms with Crippen LogP contribution in [0.4, 0.5) is 0 Å². The lowest BCUT2D eigenvalue weighted by Gasteiger charge is -2.20. The van der Waals surface area contributed by atoms with E-state index in [9.17, 15) is 9.90 Å². The van der Waals surface area contributed by atoms with Gasteiger partial charge in [-0.15, -0.1) is 0 Å². The van der Waals surface area contributed by atoms with E-state index in [4.69, 9.17) is 9.47 Å². The average molecular weight is 374 g/mol. The van der Waals surface area contributed by atoms with Gasteiger partial charge in [-0.1, -0.05) is 13.8 Å². The predicted molar refractivity (Wildman–Crippen MR) is 89.6 cm³/mol. The van der Waals surface area contributed by atoms with Crippen LogP contribution in [0.3, 0.4) is 0 Å². The van der Waals surface area contributed by atoms with Crippen LogP contribution < -0.4 is 14.8 Å². The van der Waals surface area contributed by atoms with Gasteiger partial charge in [-0.05, 0) is 53.4 Å². The number of rotatable bonds is 8. The summed E-state index contributed by atoms with van der Waals surface area (Å²) < 4.78 is 11.9. The molecular formula is C16H24BrNO4. The lowest BCUT2D eigenvalue weighted by Crippen LogP contribution is -2.40. The first-order valence-corrected chi connectivity index (χ1v) is 8.04. The van der Waals surface area contributed by atoms with E-state index < -0.39 is 12.0 Å². The first-order valence-electron chi connectivity index (χ1n) is 7.25. The van der Waals surface area contributed by atoms with Crippen molar-refractivity contribution in [3.05, 3.63) is 22.2 Å². The highest BCUT2D eigenvalue weighted by Gasteiger charge is 2.21. The van der Waals surface area contributed by atoms with Gasteiger partial charge in [0.15, 0.2) is 11.5 Å². The molecule has 1 rings (SSSR count). The lowest BCUT2D eigenvalue weighted by molar-refractivity contribution is -0.140. The molecule has 124 valence electrons. The molecule has 0 amide bonds. The summed E-state index contributed by atoms with van der Waals surface area (Å²) in [6.45, 7) is 8.08. The third kappa shape index (κ3) is 5.18. The van der Waals surface area contributed by atoms with Crippen molar-refractivity contribution in [3.8, 4) is 11.5 Å². The second-order valence-corrected chi connectivity index (χ2v) is 6.57. The summed E-state index contributed by atoms with van der Waals surface area (Å²) in [7, 11) is 1.58. The molecule has 0 aromatic heterocycles. The fraction of sp³-hybridized carbons (Fsp3) is 0.562. The minimum absolute atomic E-state index is 0.00591. The van der Waals surface area contributed by atoms with Crippen molar-refractivity contribution in [2.45, 2.75) is 46.4 Å². The Labute approximate surface area is 140 Å². The number of hydrogen-bond acceptors (Lipinski definition) is 4. The molecule has 1 atom stereocenters. The van der Waals surface area contributed by atoms with Gasteiger partial charge in [0, 0.05) is 6.54 Å². The van der Waals surface area contributed by atoms with Gasteiger partial charge in [-0.3, -0.25) is 4.79 Å². The first kappa shape index (κ1) is 18.8. The zero-order chi connectivity index (χ0) is 16.9. The second-order valence-electron chi connectivity index (χ2n) is 5.72. The maximum atomic E-state index is 11.2. The van der Waals surface area contributed by atoms with Gasteiger partial charge in [0.2, 0.25) is 0 Å². The van der Waals surface area contributed by atoms with Crippen LogP contribution in [0.15, 0.2) is 16.6 Å². The van der Waals surface area contributed by atoms with E-state index in [-0.39, 0.29) is 12.0 Å². The highest BCUT2D eigenvalue weighted by Crippen LogP contribution is 2.37. The van der Waals surface area contributed by atoms with E-state index >= 15 is 0 Å². The van der Waals surface area contributed by atoms with Gasteiger partial charge >= 0.3 is 5.97 Å². The summed E-state index contributed by atoms with van der Waals surface area (Å²) >= 11 is 3.48. The fourth-order valence-electron chi connectivity index (χ4n) is 2.06. The summed E-state index contributed by atoms with van der Waals surface area (Å²) in [5.74, 6) is 0.434. The Morgan fingerprint density at radius 1 is 1.32 bits per heavy atom. The third-order valence-electron chi connectivity index (χ3n) is 3.10. The highest BCUT2D eigenvalue weighted by molar-refractivity contribution is 9.10. The molecule has 1 aromatic carbocycles. The van der Waals surface area contributed by atoms with E-state index in [0.29, 0.717) is 18.0 Å². The van der Waals surface area contributed by atoms with Crippen LogP contribution in [0.1, 0.15) is 33.3 Å². The zero-order valence-electron chi connectivity index (χ0n) is 13.6. The summed E-state index contributed by atoms with van der Waals surface area (Å²) in [5, 5.41) is 12.3. The number of nitrogens with one attached hydrogen (secondary N) is 1. The molecule has 0 heterocycles. The first-order chi connectivity index (χ1) is 10.3. The Kier molecular flexibility index (Phi) is 7.16. The monoisotopic (exact) mass is 373 g/mol. The molecule has 1 unspecified atom stereocenters.